The second-order valence-electron chi connectivity index (χ2n) is 5.14. The highest BCUT2D eigenvalue weighted by atomic mass is 16.5. The van der Waals surface area contributed by atoms with E-state index in [1.807, 2.05) is 38.2 Å². The molecule has 4 heteroatoms. The number of aryl methyl sites for hydroxylation is 1. The van der Waals surface area contributed by atoms with Crippen LogP contribution >= 0.6 is 0 Å². The van der Waals surface area contributed by atoms with Gasteiger partial charge in [0, 0.05) is 13.5 Å². The zero-order chi connectivity index (χ0) is 15.0. The molecule has 1 rings (SSSR count). The maximum absolute atomic E-state index is 12.0. The van der Waals surface area contributed by atoms with Crippen LogP contribution in [0.15, 0.2) is 24.3 Å². The summed E-state index contributed by atoms with van der Waals surface area (Å²) in [5, 5.41) is 0. The fourth-order valence-electron chi connectivity index (χ4n) is 1.93. The van der Waals surface area contributed by atoms with Gasteiger partial charge in [0.15, 0.2) is 0 Å². The molecular weight excluding hydrogens is 252 g/mol. The number of nitrogens with zero attached hydrogens (tertiary/aromatic N) is 1. The number of likely N-dealkylation sites (N-methyl/N-ethyl adjacent to an activating group) is 1. The predicted octanol–water partition coefficient (Wildman–Crippen LogP) is 2.21. The summed E-state index contributed by atoms with van der Waals surface area (Å²) in [6, 6.07) is 7.88. The smallest absolute Gasteiger partial charge is 0.222 e. The zero-order valence-corrected chi connectivity index (χ0v) is 12.8. The Morgan fingerprint density at radius 3 is 2.70 bits per heavy atom. The van der Waals surface area contributed by atoms with Gasteiger partial charge >= 0.3 is 0 Å². The molecule has 0 heterocycles. The van der Waals surface area contributed by atoms with E-state index in [4.69, 9.17) is 10.5 Å². The summed E-state index contributed by atoms with van der Waals surface area (Å²) >= 11 is 0. The van der Waals surface area contributed by atoms with Gasteiger partial charge in [-0.3, -0.25) is 4.79 Å². The second-order valence-corrected chi connectivity index (χ2v) is 5.14. The first kappa shape index (κ1) is 16.5. The third-order valence-electron chi connectivity index (χ3n) is 3.58. The summed E-state index contributed by atoms with van der Waals surface area (Å²) in [5.74, 6) is 1.29. The number of nitrogens with two attached hydrogens (primary N) is 1. The molecule has 0 aliphatic carbocycles. The molecule has 1 atom stereocenters. The minimum atomic E-state index is 0.135. The molecule has 20 heavy (non-hydrogen) atoms. The van der Waals surface area contributed by atoms with Crippen molar-refractivity contribution in [1.82, 2.24) is 4.90 Å². The van der Waals surface area contributed by atoms with Gasteiger partial charge in [0.1, 0.15) is 12.4 Å². The van der Waals surface area contributed by atoms with Crippen LogP contribution in [-0.2, 0) is 4.79 Å². The summed E-state index contributed by atoms with van der Waals surface area (Å²) in [5.41, 5.74) is 6.74. The van der Waals surface area contributed by atoms with E-state index in [-0.39, 0.29) is 11.8 Å². The molecule has 0 fully saturated rings. The Kier molecular flexibility index (Phi) is 7.09. The molecule has 0 radical (unpaired) electrons. The molecule has 0 bridgehead atoms. The Hall–Kier alpha value is -1.55. The first-order valence-electron chi connectivity index (χ1n) is 7.20. The lowest BCUT2D eigenvalue weighted by Crippen LogP contribution is -2.33. The van der Waals surface area contributed by atoms with Crippen molar-refractivity contribution in [2.45, 2.75) is 26.7 Å². The summed E-state index contributed by atoms with van der Waals surface area (Å²) in [7, 11) is 1.81. The largest absolute Gasteiger partial charge is 0.491 e. The number of hydrogen-bond donors (Lipinski definition) is 1. The van der Waals surface area contributed by atoms with Gasteiger partial charge in [-0.2, -0.15) is 0 Å². The van der Waals surface area contributed by atoms with Crippen LogP contribution in [0.4, 0.5) is 0 Å². The summed E-state index contributed by atoms with van der Waals surface area (Å²) in [4.78, 5) is 13.7. The zero-order valence-electron chi connectivity index (χ0n) is 12.8. The number of carbonyl (C=O) groups is 1. The van der Waals surface area contributed by atoms with E-state index in [0.29, 0.717) is 26.1 Å². The van der Waals surface area contributed by atoms with E-state index in [9.17, 15) is 4.79 Å². The number of carbonyl (C=O) groups excluding carboxylic acids is 1. The molecule has 4 nitrogen and oxygen atoms in total. The predicted molar refractivity (Wildman–Crippen MR) is 81.8 cm³/mol. The van der Waals surface area contributed by atoms with Crippen molar-refractivity contribution in [3.63, 3.8) is 0 Å². The Balaban J connectivity index is 2.34. The normalized spacial score (nSPS) is 12.0. The van der Waals surface area contributed by atoms with Gasteiger partial charge in [0.25, 0.3) is 0 Å². The second kappa shape index (κ2) is 8.59. The summed E-state index contributed by atoms with van der Waals surface area (Å²) in [6.07, 6.45) is 1.46. The topological polar surface area (TPSA) is 55.6 Å². The lowest BCUT2D eigenvalue weighted by molar-refractivity contribution is -0.131. The number of para-hydroxylation sites is 1. The van der Waals surface area contributed by atoms with Gasteiger partial charge in [-0.15, -0.1) is 0 Å². The third kappa shape index (κ3) is 5.21. The number of amides is 1. The SMILES string of the molecule is CCC(CN)CC(=O)N(C)CCOc1ccccc1C. The van der Waals surface area contributed by atoms with Crippen molar-refractivity contribution in [1.29, 1.82) is 0 Å². The molecule has 0 saturated carbocycles. The van der Waals surface area contributed by atoms with E-state index < -0.39 is 0 Å². The molecule has 0 spiro atoms. The molecule has 1 aromatic carbocycles. The fourth-order valence-corrected chi connectivity index (χ4v) is 1.93. The van der Waals surface area contributed by atoms with Crippen LogP contribution < -0.4 is 10.5 Å². The van der Waals surface area contributed by atoms with Gasteiger partial charge in [-0.1, -0.05) is 31.5 Å². The van der Waals surface area contributed by atoms with Crippen LogP contribution in [0.3, 0.4) is 0 Å². The van der Waals surface area contributed by atoms with Crippen molar-refractivity contribution in [2.24, 2.45) is 11.7 Å². The standard InChI is InChI=1S/C16H26N2O2/c1-4-14(12-17)11-16(19)18(3)9-10-20-15-8-6-5-7-13(15)2/h5-8,14H,4,9-12,17H2,1-3H3. The van der Waals surface area contributed by atoms with Gasteiger partial charge in [-0.05, 0) is 31.0 Å². The van der Waals surface area contributed by atoms with E-state index in [1.165, 1.54) is 0 Å². The van der Waals surface area contributed by atoms with Crippen LogP contribution in [0.5, 0.6) is 5.75 Å². The van der Waals surface area contributed by atoms with Crippen molar-refractivity contribution >= 4 is 5.91 Å². The maximum atomic E-state index is 12.0. The minimum absolute atomic E-state index is 0.135. The van der Waals surface area contributed by atoms with Crippen molar-refractivity contribution in [3.8, 4) is 5.75 Å². The molecule has 1 aromatic rings. The Morgan fingerprint density at radius 2 is 2.10 bits per heavy atom. The maximum Gasteiger partial charge on any atom is 0.222 e. The van der Waals surface area contributed by atoms with Gasteiger partial charge in [-0.25, -0.2) is 0 Å². The Morgan fingerprint density at radius 1 is 1.40 bits per heavy atom. The highest BCUT2D eigenvalue weighted by Crippen LogP contribution is 2.16. The minimum Gasteiger partial charge on any atom is -0.491 e. The molecule has 0 saturated heterocycles. The number of ether oxygens (including phenoxy) is 1. The Bertz CT molecular complexity index is 417. The quantitative estimate of drug-likeness (QED) is 0.793. The lowest BCUT2D eigenvalue weighted by atomic mass is 10.0. The lowest BCUT2D eigenvalue weighted by Gasteiger charge is -2.20. The number of hydrogen-bond acceptors (Lipinski definition) is 3. The monoisotopic (exact) mass is 278 g/mol. The molecule has 2 N–H and O–H groups in total. The highest BCUT2D eigenvalue weighted by molar-refractivity contribution is 5.76. The van der Waals surface area contributed by atoms with Crippen LogP contribution in [0.2, 0.25) is 0 Å². The van der Waals surface area contributed by atoms with Crippen LogP contribution in [0.25, 0.3) is 0 Å². The molecule has 112 valence electrons. The van der Waals surface area contributed by atoms with Crippen LogP contribution in [0, 0.1) is 12.8 Å². The average molecular weight is 278 g/mol. The van der Waals surface area contributed by atoms with E-state index in [2.05, 4.69) is 6.92 Å². The number of rotatable bonds is 8. The van der Waals surface area contributed by atoms with Crippen molar-refractivity contribution in [2.75, 3.05) is 26.7 Å². The Labute approximate surface area is 121 Å². The van der Waals surface area contributed by atoms with E-state index in [0.717, 1.165) is 17.7 Å². The first-order valence-corrected chi connectivity index (χ1v) is 7.20. The average Bonchev–Trinajstić information content (AvgIpc) is 2.46. The molecule has 0 aliphatic heterocycles. The number of benzene rings is 1. The molecular formula is C16H26N2O2. The molecule has 0 aliphatic rings. The molecule has 1 unspecified atom stereocenters. The van der Waals surface area contributed by atoms with Gasteiger partial charge in [0.2, 0.25) is 5.91 Å². The van der Waals surface area contributed by atoms with Crippen molar-refractivity contribution in [3.05, 3.63) is 29.8 Å². The summed E-state index contributed by atoms with van der Waals surface area (Å²) < 4.78 is 5.70. The summed E-state index contributed by atoms with van der Waals surface area (Å²) in [6.45, 7) is 5.74. The first-order chi connectivity index (χ1) is 9.58. The third-order valence-corrected chi connectivity index (χ3v) is 3.58. The van der Waals surface area contributed by atoms with Crippen LogP contribution in [-0.4, -0.2) is 37.6 Å². The van der Waals surface area contributed by atoms with E-state index >= 15 is 0 Å². The van der Waals surface area contributed by atoms with Crippen molar-refractivity contribution < 1.29 is 9.53 Å². The van der Waals surface area contributed by atoms with E-state index in [1.54, 1.807) is 4.90 Å². The molecule has 1 amide bonds. The fraction of sp³-hybridized carbons (Fsp3) is 0.562. The highest BCUT2D eigenvalue weighted by Gasteiger charge is 2.14. The van der Waals surface area contributed by atoms with Gasteiger partial charge in [0.05, 0.1) is 6.54 Å². The van der Waals surface area contributed by atoms with Gasteiger partial charge < -0.3 is 15.4 Å². The molecule has 0 aromatic heterocycles. The van der Waals surface area contributed by atoms with Crippen LogP contribution in [0.1, 0.15) is 25.3 Å².